The summed E-state index contributed by atoms with van der Waals surface area (Å²) >= 11 is 1.74. The van der Waals surface area contributed by atoms with E-state index in [2.05, 4.69) is 192 Å². The zero-order valence-corrected chi connectivity index (χ0v) is 30.8. The Hall–Kier alpha value is -6.95. The number of anilines is 3. The van der Waals surface area contributed by atoms with Crippen LogP contribution in [0.1, 0.15) is 5.56 Å². The van der Waals surface area contributed by atoms with Crippen LogP contribution in [0.5, 0.6) is 11.5 Å². The predicted molar refractivity (Wildman–Crippen MR) is 230 cm³/mol. The third-order valence-electron chi connectivity index (χ3n) is 10.9. The summed E-state index contributed by atoms with van der Waals surface area (Å²) in [4.78, 5) is 8.46. The predicted octanol–water partition coefficient (Wildman–Crippen LogP) is 14.3. The van der Waals surface area contributed by atoms with E-state index in [-0.39, 0.29) is 0 Å². The van der Waals surface area contributed by atoms with E-state index < -0.39 is 0 Å². The SMILES string of the molecule is Cc1ccc(N2c3ccc(-c4ccc5c(c4)c4ccccc4n5-c4ccccc4)cc3Oc3cc(-c4cccs4)ccc32)cc1-c1nccc2ccccc12. The first kappa shape index (κ1) is 31.6. The van der Waals surface area contributed by atoms with Crippen LogP contribution >= 0.6 is 11.3 Å². The van der Waals surface area contributed by atoms with Crippen LogP contribution < -0.4 is 9.64 Å². The standard InChI is InChI=1S/C50H33N3OS/c1-32-17-21-38(31-41(32)50-39-13-6-5-10-33(39)25-26-51-50)53-45-23-19-35(29-47(45)54-48-30-36(20-24-46(48)53)49-16-9-27-55-49)34-18-22-44-42(28-34)40-14-7-8-15-43(40)52(44)37-11-3-2-4-12-37/h2-31H,1H3. The molecule has 0 radical (unpaired) electrons. The van der Waals surface area contributed by atoms with Crippen LogP contribution in [0, 0.1) is 6.92 Å². The fourth-order valence-electron chi connectivity index (χ4n) is 8.21. The number of benzene rings is 7. The number of ether oxygens (including phenoxy) is 1. The summed E-state index contributed by atoms with van der Waals surface area (Å²) in [5.41, 5.74) is 13.2. The van der Waals surface area contributed by atoms with Crippen LogP contribution in [0.3, 0.4) is 0 Å². The molecule has 0 saturated carbocycles. The number of rotatable bonds is 5. The number of hydrogen-bond donors (Lipinski definition) is 0. The highest BCUT2D eigenvalue weighted by Gasteiger charge is 2.28. The number of hydrogen-bond acceptors (Lipinski definition) is 4. The minimum absolute atomic E-state index is 0.811. The van der Waals surface area contributed by atoms with E-state index >= 15 is 0 Å². The lowest BCUT2D eigenvalue weighted by molar-refractivity contribution is 0.477. The molecule has 260 valence electrons. The average molecular weight is 724 g/mol. The molecule has 0 bridgehead atoms. The minimum atomic E-state index is 0.811. The van der Waals surface area contributed by atoms with Gasteiger partial charge < -0.3 is 14.2 Å². The molecule has 0 unspecified atom stereocenters. The van der Waals surface area contributed by atoms with Gasteiger partial charge in [-0.15, -0.1) is 11.3 Å². The first-order chi connectivity index (χ1) is 27.2. The van der Waals surface area contributed by atoms with Gasteiger partial charge in [0, 0.05) is 44.2 Å². The molecule has 5 heteroatoms. The van der Waals surface area contributed by atoms with Gasteiger partial charge in [-0.1, -0.05) is 91.0 Å². The fraction of sp³-hybridized carbons (Fsp3) is 0.0200. The Kier molecular flexibility index (Phi) is 7.22. The fourth-order valence-corrected chi connectivity index (χ4v) is 8.93. The van der Waals surface area contributed by atoms with Crippen LogP contribution in [-0.4, -0.2) is 9.55 Å². The van der Waals surface area contributed by atoms with Gasteiger partial charge in [0.05, 0.1) is 28.1 Å². The maximum atomic E-state index is 6.89. The van der Waals surface area contributed by atoms with E-state index in [9.17, 15) is 0 Å². The summed E-state index contributed by atoms with van der Waals surface area (Å²) in [6, 6.07) is 60.8. The topological polar surface area (TPSA) is 30.3 Å². The van der Waals surface area contributed by atoms with Gasteiger partial charge in [0.15, 0.2) is 11.5 Å². The van der Waals surface area contributed by atoms with Crippen molar-refractivity contribution < 1.29 is 4.74 Å². The first-order valence-electron chi connectivity index (χ1n) is 18.5. The van der Waals surface area contributed by atoms with Crippen molar-refractivity contribution in [2.75, 3.05) is 4.90 Å². The van der Waals surface area contributed by atoms with Gasteiger partial charge in [-0.05, 0) is 119 Å². The monoisotopic (exact) mass is 723 g/mol. The van der Waals surface area contributed by atoms with E-state index in [1.54, 1.807) is 11.3 Å². The maximum Gasteiger partial charge on any atom is 0.152 e. The molecule has 1 aliphatic rings. The Morgan fingerprint density at radius 2 is 1.24 bits per heavy atom. The van der Waals surface area contributed by atoms with Gasteiger partial charge in [-0.3, -0.25) is 4.98 Å². The van der Waals surface area contributed by atoms with E-state index in [0.717, 1.165) is 67.6 Å². The maximum absolute atomic E-state index is 6.89. The van der Waals surface area contributed by atoms with Crippen LogP contribution in [0.4, 0.5) is 17.1 Å². The van der Waals surface area contributed by atoms with Crippen molar-refractivity contribution in [2.24, 2.45) is 0 Å². The number of nitrogens with zero attached hydrogens (tertiary/aromatic N) is 3. The lowest BCUT2D eigenvalue weighted by Crippen LogP contribution is -2.16. The van der Waals surface area contributed by atoms with Gasteiger partial charge in [-0.2, -0.15) is 0 Å². The van der Waals surface area contributed by atoms with Gasteiger partial charge in [0.1, 0.15) is 0 Å². The van der Waals surface area contributed by atoms with E-state index in [0.29, 0.717) is 0 Å². The zero-order chi connectivity index (χ0) is 36.5. The number of thiophene rings is 1. The number of fused-ring (bicyclic) bond motifs is 6. The Morgan fingerprint density at radius 1 is 0.527 bits per heavy atom. The third-order valence-corrected chi connectivity index (χ3v) is 11.8. The lowest BCUT2D eigenvalue weighted by atomic mass is 9.98. The summed E-state index contributed by atoms with van der Waals surface area (Å²) < 4.78 is 9.25. The molecule has 0 spiro atoms. The third kappa shape index (κ3) is 5.16. The molecule has 11 rings (SSSR count). The molecular weight excluding hydrogens is 691 g/mol. The van der Waals surface area contributed by atoms with Gasteiger partial charge in [0.25, 0.3) is 0 Å². The quantitative estimate of drug-likeness (QED) is 0.177. The molecule has 0 atom stereocenters. The molecule has 10 aromatic rings. The highest BCUT2D eigenvalue weighted by molar-refractivity contribution is 7.13. The summed E-state index contributed by atoms with van der Waals surface area (Å²) in [5.74, 6) is 1.63. The van der Waals surface area contributed by atoms with Crippen molar-refractivity contribution in [3.05, 3.63) is 187 Å². The van der Waals surface area contributed by atoms with Crippen molar-refractivity contribution in [3.8, 4) is 50.0 Å². The van der Waals surface area contributed by atoms with Crippen LogP contribution in [0.2, 0.25) is 0 Å². The van der Waals surface area contributed by atoms with E-state index in [4.69, 9.17) is 9.72 Å². The molecule has 0 saturated heterocycles. The second kappa shape index (κ2) is 12.6. The molecule has 7 aromatic carbocycles. The van der Waals surface area contributed by atoms with Crippen LogP contribution in [0.15, 0.2) is 181 Å². The van der Waals surface area contributed by atoms with Crippen molar-refractivity contribution in [3.63, 3.8) is 0 Å². The van der Waals surface area contributed by atoms with Crippen molar-refractivity contribution in [2.45, 2.75) is 6.92 Å². The second-order valence-corrected chi connectivity index (χ2v) is 15.0. The van der Waals surface area contributed by atoms with Gasteiger partial charge >= 0.3 is 0 Å². The Labute approximate surface area is 322 Å². The van der Waals surface area contributed by atoms with Crippen molar-refractivity contribution >= 4 is 61.0 Å². The molecule has 1 aliphatic heterocycles. The minimum Gasteiger partial charge on any atom is -0.453 e. The van der Waals surface area contributed by atoms with Gasteiger partial charge in [-0.25, -0.2) is 0 Å². The molecule has 55 heavy (non-hydrogen) atoms. The van der Waals surface area contributed by atoms with E-state index in [1.165, 1.54) is 37.6 Å². The highest BCUT2D eigenvalue weighted by atomic mass is 32.1. The average Bonchev–Trinajstić information content (AvgIpc) is 3.90. The molecule has 4 nitrogen and oxygen atoms in total. The zero-order valence-electron chi connectivity index (χ0n) is 30.0. The second-order valence-electron chi connectivity index (χ2n) is 14.1. The molecule has 3 aromatic heterocycles. The summed E-state index contributed by atoms with van der Waals surface area (Å²) in [5, 5.41) is 6.89. The van der Waals surface area contributed by atoms with Gasteiger partial charge in [0.2, 0.25) is 0 Å². The summed E-state index contributed by atoms with van der Waals surface area (Å²) in [7, 11) is 0. The number of aryl methyl sites for hydroxylation is 1. The molecule has 0 amide bonds. The Balaban J connectivity index is 1.07. The highest BCUT2D eigenvalue weighted by Crippen LogP contribution is 2.53. The Bertz CT molecular complexity index is 3090. The summed E-state index contributed by atoms with van der Waals surface area (Å²) in [6.45, 7) is 2.16. The van der Waals surface area contributed by atoms with Crippen molar-refractivity contribution in [1.29, 1.82) is 0 Å². The van der Waals surface area contributed by atoms with E-state index in [1.807, 2.05) is 6.20 Å². The Morgan fingerprint density at radius 3 is 2.07 bits per heavy atom. The largest absolute Gasteiger partial charge is 0.453 e. The normalized spacial score (nSPS) is 12.2. The number of para-hydroxylation sites is 2. The first-order valence-corrected chi connectivity index (χ1v) is 19.4. The molecule has 0 N–H and O–H groups in total. The summed E-state index contributed by atoms with van der Waals surface area (Å²) in [6.07, 6.45) is 1.91. The van der Waals surface area contributed by atoms with Crippen LogP contribution in [0.25, 0.3) is 71.1 Å². The molecule has 0 fully saturated rings. The molecular formula is C50H33N3OS. The number of aromatic nitrogens is 2. The molecule has 4 heterocycles. The van der Waals surface area contributed by atoms with Crippen LogP contribution in [-0.2, 0) is 0 Å². The smallest absolute Gasteiger partial charge is 0.152 e. The lowest BCUT2D eigenvalue weighted by Gasteiger charge is -2.34. The molecule has 0 aliphatic carbocycles. The number of pyridine rings is 1. The van der Waals surface area contributed by atoms with Crippen molar-refractivity contribution in [1.82, 2.24) is 9.55 Å².